The highest BCUT2D eigenvalue weighted by Gasteiger charge is 2.12. The molecule has 0 aliphatic carbocycles. The van der Waals surface area contributed by atoms with Gasteiger partial charge in [-0.1, -0.05) is 60.3 Å². The van der Waals surface area contributed by atoms with Crippen LogP contribution in [0.5, 0.6) is 0 Å². The molecule has 6 heteroatoms. The van der Waals surface area contributed by atoms with E-state index in [1.54, 1.807) is 18.5 Å². The highest BCUT2D eigenvalue weighted by Crippen LogP contribution is 2.32. The zero-order chi connectivity index (χ0) is 20.8. The van der Waals surface area contributed by atoms with Crippen LogP contribution in [0.25, 0.3) is 10.8 Å². The van der Waals surface area contributed by atoms with E-state index in [-0.39, 0.29) is 18.4 Å². The first kappa shape index (κ1) is 19.7. The van der Waals surface area contributed by atoms with Crippen LogP contribution in [-0.2, 0) is 4.79 Å². The van der Waals surface area contributed by atoms with Gasteiger partial charge in [0.25, 0.3) is 5.91 Å². The Morgan fingerprint density at radius 3 is 2.43 bits per heavy atom. The van der Waals surface area contributed by atoms with E-state index in [2.05, 4.69) is 15.6 Å². The molecule has 30 heavy (non-hydrogen) atoms. The molecule has 3 aromatic carbocycles. The van der Waals surface area contributed by atoms with Gasteiger partial charge in [-0.25, -0.2) is 0 Å². The molecule has 0 fully saturated rings. The lowest BCUT2D eigenvalue weighted by molar-refractivity contribution is -0.115. The molecule has 2 N–H and O–H groups in total. The molecule has 0 atom stereocenters. The molecule has 4 rings (SSSR count). The van der Waals surface area contributed by atoms with Crippen LogP contribution in [0, 0.1) is 0 Å². The van der Waals surface area contributed by atoms with E-state index < -0.39 is 0 Å². The van der Waals surface area contributed by atoms with Crippen molar-refractivity contribution in [3.8, 4) is 0 Å². The quantitative estimate of drug-likeness (QED) is 0.478. The maximum absolute atomic E-state index is 12.6. The normalized spacial score (nSPS) is 10.5. The van der Waals surface area contributed by atoms with Crippen molar-refractivity contribution >= 4 is 40.0 Å². The Kier molecular flexibility index (Phi) is 6.06. The summed E-state index contributed by atoms with van der Waals surface area (Å²) in [6.07, 6.45) is 3.46. The first-order valence-corrected chi connectivity index (χ1v) is 10.2. The van der Waals surface area contributed by atoms with Crippen molar-refractivity contribution < 1.29 is 9.59 Å². The van der Waals surface area contributed by atoms with Crippen molar-refractivity contribution in [3.63, 3.8) is 0 Å². The van der Waals surface area contributed by atoms with Crippen molar-refractivity contribution in [2.24, 2.45) is 0 Å². The molecule has 1 heterocycles. The molecular formula is C24H19N3O2S. The van der Waals surface area contributed by atoms with Crippen LogP contribution in [0.15, 0.2) is 101 Å². The van der Waals surface area contributed by atoms with E-state index in [0.717, 1.165) is 20.6 Å². The SMILES string of the molecule is O=C(CNC(=O)c1cccc2ccccc12)Nc1ccccc1Sc1ccncc1. The minimum atomic E-state index is -0.286. The van der Waals surface area contributed by atoms with Crippen LogP contribution in [-0.4, -0.2) is 23.3 Å². The maximum Gasteiger partial charge on any atom is 0.252 e. The van der Waals surface area contributed by atoms with Crippen LogP contribution in [0.1, 0.15) is 10.4 Å². The standard InChI is InChI=1S/C24H19N3O2S/c28-23(16-26-24(29)20-9-5-7-17-6-1-2-8-19(17)20)27-21-10-3-4-11-22(21)30-18-12-14-25-15-13-18/h1-15H,16H2,(H,26,29)(H,27,28). The summed E-state index contributed by atoms with van der Waals surface area (Å²) in [5, 5.41) is 7.44. The van der Waals surface area contributed by atoms with Gasteiger partial charge in [0, 0.05) is 27.7 Å². The highest BCUT2D eigenvalue weighted by molar-refractivity contribution is 7.99. The van der Waals surface area contributed by atoms with Crippen LogP contribution in [0.2, 0.25) is 0 Å². The number of nitrogens with one attached hydrogen (secondary N) is 2. The molecule has 148 valence electrons. The molecule has 0 saturated heterocycles. The largest absolute Gasteiger partial charge is 0.343 e. The Balaban J connectivity index is 1.41. The first-order valence-electron chi connectivity index (χ1n) is 9.43. The third-order valence-electron chi connectivity index (χ3n) is 4.48. The highest BCUT2D eigenvalue weighted by atomic mass is 32.2. The van der Waals surface area contributed by atoms with Gasteiger partial charge < -0.3 is 10.6 Å². The number of para-hydroxylation sites is 1. The van der Waals surface area contributed by atoms with Gasteiger partial charge in [-0.3, -0.25) is 14.6 Å². The number of benzene rings is 3. The number of nitrogens with zero attached hydrogens (tertiary/aromatic N) is 1. The average molecular weight is 414 g/mol. The molecule has 0 aliphatic heterocycles. The lowest BCUT2D eigenvalue weighted by Gasteiger charge is -2.12. The summed E-state index contributed by atoms with van der Waals surface area (Å²) in [5.74, 6) is -0.562. The Bertz CT molecular complexity index is 1190. The zero-order valence-corrected chi connectivity index (χ0v) is 16.9. The fourth-order valence-electron chi connectivity index (χ4n) is 3.07. The van der Waals surface area contributed by atoms with E-state index in [4.69, 9.17) is 0 Å². The van der Waals surface area contributed by atoms with Crippen molar-refractivity contribution in [1.82, 2.24) is 10.3 Å². The minimum absolute atomic E-state index is 0.115. The van der Waals surface area contributed by atoms with Gasteiger partial charge in [0.05, 0.1) is 12.2 Å². The number of carbonyl (C=O) groups is 2. The maximum atomic E-state index is 12.6. The first-order chi connectivity index (χ1) is 14.7. The van der Waals surface area contributed by atoms with E-state index in [1.165, 1.54) is 11.8 Å². The number of carbonyl (C=O) groups excluding carboxylic acids is 2. The van der Waals surface area contributed by atoms with E-state index >= 15 is 0 Å². The second kappa shape index (κ2) is 9.24. The molecule has 2 amide bonds. The number of aromatic nitrogens is 1. The molecule has 0 spiro atoms. The number of fused-ring (bicyclic) bond motifs is 1. The van der Waals surface area contributed by atoms with Gasteiger partial charge in [0.15, 0.2) is 0 Å². The van der Waals surface area contributed by atoms with Crippen LogP contribution >= 0.6 is 11.8 Å². The number of amides is 2. The number of pyridine rings is 1. The van der Waals surface area contributed by atoms with Gasteiger partial charge in [-0.2, -0.15) is 0 Å². The molecule has 0 bridgehead atoms. The monoisotopic (exact) mass is 413 g/mol. The third-order valence-corrected chi connectivity index (χ3v) is 5.57. The van der Waals surface area contributed by atoms with Crippen molar-refractivity contribution in [2.45, 2.75) is 9.79 Å². The van der Waals surface area contributed by atoms with Gasteiger partial charge in [0.2, 0.25) is 5.91 Å². The zero-order valence-electron chi connectivity index (χ0n) is 16.0. The Hall–Kier alpha value is -3.64. The van der Waals surface area contributed by atoms with Crippen LogP contribution in [0.3, 0.4) is 0 Å². The van der Waals surface area contributed by atoms with Gasteiger partial charge in [0.1, 0.15) is 0 Å². The number of rotatable bonds is 6. The lowest BCUT2D eigenvalue weighted by atomic mass is 10.0. The molecule has 1 aromatic heterocycles. The predicted molar refractivity (Wildman–Crippen MR) is 120 cm³/mol. The molecule has 4 aromatic rings. The molecule has 0 unspecified atom stereocenters. The summed E-state index contributed by atoms with van der Waals surface area (Å²) in [5.41, 5.74) is 1.25. The molecule has 0 radical (unpaired) electrons. The molecule has 0 saturated carbocycles. The molecular weight excluding hydrogens is 394 g/mol. The van der Waals surface area contributed by atoms with E-state index in [0.29, 0.717) is 11.3 Å². The van der Waals surface area contributed by atoms with Gasteiger partial charge in [-0.15, -0.1) is 0 Å². The fourth-order valence-corrected chi connectivity index (χ4v) is 3.95. The summed E-state index contributed by atoms with van der Waals surface area (Å²) >= 11 is 1.54. The number of hydrogen-bond acceptors (Lipinski definition) is 4. The smallest absolute Gasteiger partial charge is 0.252 e. The van der Waals surface area contributed by atoms with Crippen molar-refractivity contribution in [1.29, 1.82) is 0 Å². The van der Waals surface area contributed by atoms with Crippen molar-refractivity contribution in [2.75, 3.05) is 11.9 Å². The predicted octanol–water partition coefficient (Wildman–Crippen LogP) is 4.75. The van der Waals surface area contributed by atoms with Crippen LogP contribution in [0.4, 0.5) is 5.69 Å². The summed E-state index contributed by atoms with van der Waals surface area (Å²) in [7, 11) is 0. The van der Waals surface area contributed by atoms with E-state index in [1.807, 2.05) is 72.8 Å². The summed E-state index contributed by atoms with van der Waals surface area (Å²) < 4.78 is 0. The number of hydrogen-bond donors (Lipinski definition) is 2. The van der Waals surface area contributed by atoms with E-state index in [9.17, 15) is 9.59 Å². The molecule has 5 nitrogen and oxygen atoms in total. The van der Waals surface area contributed by atoms with Gasteiger partial charge in [-0.05, 0) is 41.1 Å². The van der Waals surface area contributed by atoms with Crippen molar-refractivity contribution in [3.05, 3.63) is 96.8 Å². The van der Waals surface area contributed by atoms with Crippen LogP contribution < -0.4 is 10.6 Å². The number of anilines is 1. The fraction of sp³-hybridized carbons (Fsp3) is 0.0417. The summed E-state index contributed by atoms with van der Waals surface area (Å²) in [6, 6.07) is 24.6. The second-order valence-corrected chi connectivity index (χ2v) is 7.65. The minimum Gasteiger partial charge on any atom is -0.343 e. The third kappa shape index (κ3) is 4.67. The Morgan fingerprint density at radius 2 is 1.57 bits per heavy atom. The molecule has 0 aliphatic rings. The summed E-state index contributed by atoms with van der Waals surface area (Å²) in [4.78, 5) is 31.1. The second-order valence-electron chi connectivity index (χ2n) is 6.54. The Morgan fingerprint density at radius 1 is 0.833 bits per heavy atom. The topological polar surface area (TPSA) is 71.1 Å². The Labute approximate surface area is 178 Å². The summed E-state index contributed by atoms with van der Waals surface area (Å²) in [6.45, 7) is -0.115. The van der Waals surface area contributed by atoms with Gasteiger partial charge >= 0.3 is 0 Å². The average Bonchev–Trinajstić information content (AvgIpc) is 2.79. The lowest BCUT2D eigenvalue weighted by Crippen LogP contribution is -2.33.